The van der Waals surface area contributed by atoms with Crippen LogP contribution in [0.1, 0.15) is 22.7 Å². The molecule has 0 bridgehead atoms. The number of nitrogens with two attached hydrogens (primary N) is 1. The summed E-state index contributed by atoms with van der Waals surface area (Å²) in [6.07, 6.45) is -5.04. The van der Waals surface area contributed by atoms with E-state index in [1.807, 2.05) is 0 Å². The van der Waals surface area contributed by atoms with Gasteiger partial charge in [-0.05, 0) is 18.6 Å². The molecule has 0 unspecified atom stereocenters. The number of alkyl halides is 5. The Kier molecular flexibility index (Phi) is 5.37. The first-order chi connectivity index (χ1) is 7.20. The third kappa shape index (κ3) is 3.29. The Morgan fingerprint density at radius 2 is 1.76 bits per heavy atom. The Morgan fingerprint density at radius 1 is 1.24 bits per heavy atom. The molecule has 0 amide bonds. The molecule has 0 aliphatic carbocycles. The lowest BCUT2D eigenvalue weighted by Gasteiger charge is -2.24. The lowest BCUT2D eigenvalue weighted by molar-refractivity contribution is -0.290. The molecule has 0 aromatic carbocycles. The zero-order chi connectivity index (χ0) is 12.6. The van der Waals surface area contributed by atoms with E-state index >= 15 is 0 Å². The monoisotopic (exact) mass is 295 g/mol. The van der Waals surface area contributed by atoms with Crippen LogP contribution in [0.4, 0.5) is 22.0 Å². The van der Waals surface area contributed by atoms with Crippen LogP contribution in [0, 0.1) is 0 Å². The van der Waals surface area contributed by atoms with Gasteiger partial charge < -0.3 is 5.73 Å². The van der Waals surface area contributed by atoms with Crippen molar-refractivity contribution in [2.45, 2.75) is 31.5 Å². The molecule has 0 aliphatic rings. The van der Waals surface area contributed by atoms with Gasteiger partial charge in [-0.1, -0.05) is 6.92 Å². The second-order valence-electron chi connectivity index (χ2n) is 3.26. The number of aryl methyl sites for hydroxylation is 1. The zero-order valence-corrected chi connectivity index (χ0v) is 10.4. The van der Waals surface area contributed by atoms with Crippen molar-refractivity contribution in [3.8, 4) is 0 Å². The average Bonchev–Trinajstić information content (AvgIpc) is 2.62. The van der Waals surface area contributed by atoms with Gasteiger partial charge in [-0.2, -0.15) is 22.0 Å². The van der Waals surface area contributed by atoms with E-state index in [1.54, 1.807) is 6.92 Å². The molecule has 2 N–H and O–H groups in total. The highest BCUT2D eigenvalue weighted by molar-refractivity contribution is 7.12. The van der Waals surface area contributed by atoms with Crippen LogP contribution in [-0.4, -0.2) is 12.1 Å². The molecule has 0 aliphatic heterocycles. The first-order valence-electron chi connectivity index (χ1n) is 4.49. The highest BCUT2D eigenvalue weighted by Gasteiger charge is 2.62. The largest absolute Gasteiger partial charge is 0.455 e. The fourth-order valence-electron chi connectivity index (χ4n) is 1.11. The molecule has 1 heterocycles. The van der Waals surface area contributed by atoms with Crippen molar-refractivity contribution in [3.05, 3.63) is 21.9 Å². The summed E-state index contributed by atoms with van der Waals surface area (Å²) in [7, 11) is 0. The second-order valence-corrected chi connectivity index (χ2v) is 4.46. The quantitative estimate of drug-likeness (QED) is 0.840. The molecule has 0 fully saturated rings. The van der Waals surface area contributed by atoms with Gasteiger partial charge in [0.25, 0.3) is 0 Å². The molecule has 1 rings (SSSR count). The molecular weight excluding hydrogens is 285 g/mol. The van der Waals surface area contributed by atoms with Crippen molar-refractivity contribution in [2.24, 2.45) is 5.73 Å². The summed E-state index contributed by atoms with van der Waals surface area (Å²) >= 11 is 0.879. The van der Waals surface area contributed by atoms with E-state index < -0.39 is 18.1 Å². The lowest BCUT2D eigenvalue weighted by Crippen LogP contribution is -2.45. The Bertz CT molecular complexity index is 363. The van der Waals surface area contributed by atoms with Gasteiger partial charge in [0.15, 0.2) is 0 Å². The van der Waals surface area contributed by atoms with Gasteiger partial charge in [-0.3, -0.25) is 0 Å². The number of hydrogen-bond acceptors (Lipinski definition) is 2. The minimum absolute atomic E-state index is 0. The number of thiophene rings is 1. The summed E-state index contributed by atoms with van der Waals surface area (Å²) in [5.41, 5.74) is 4.97. The molecule has 1 atom stereocenters. The van der Waals surface area contributed by atoms with Crippen LogP contribution in [0.2, 0.25) is 0 Å². The Morgan fingerprint density at radius 3 is 2.12 bits per heavy atom. The minimum atomic E-state index is -5.62. The molecule has 100 valence electrons. The van der Waals surface area contributed by atoms with Gasteiger partial charge in [-0.25, -0.2) is 0 Å². The summed E-state index contributed by atoms with van der Waals surface area (Å²) in [5.74, 6) is -4.90. The maximum Gasteiger partial charge on any atom is 0.455 e. The molecule has 8 heteroatoms. The van der Waals surface area contributed by atoms with Gasteiger partial charge >= 0.3 is 12.1 Å². The van der Waals surface area contributed by atoms with Crippen molar-refractivity contribution in [2.75, 3.05) is 0 Å². The number of hydrogen-bond donors (Lipinski definition) is 1. The van der Waals surface area contributed by atoms with Crippen molar-refractivity contribution < 1.29 is 22.0 Å². The maximum absolute atomic E-state index is 12.9. The van der Waals surface area contributed by atoms with E-state index in [1.165, 1.54) is 12.1 Å². The van der Waals surface area contributed by atoms with Crippen LogP contribution in [-0.2, 0) is 6.42 Å². The predicted molar refractivity (Wildman–Crippen MR) is 58.9 cm³/mol. The van der Waals surface area contributed by atoms with Crippen LogP contribution in [0.5, 0.6) is 0 Å². The number of rotatable bonds is 3. The third-order valence-electron chi connectivity index (χ3n) is 2.11. The Hall–Kier alpha value is -0.400. The highest BCUT2D eigenvalue weighted by atomic mass is 35.5. The third-order valence-corrected chi connectivity index (χ3v) is 3.42. The van der Waals surface area contributed by atoms with Crippen molar-refractivity contribution in [1.82, 2.24) is 0 Å². The first-order valence-corrected chi connectivity index (χ1v) is 5.30. The summed E-state index contributed by atoms with van der Waals surface area (Å²) in [5, 5.41) is 0. The van der Waals surface area contributed by atoms with Crippen molar-refractivity contribution in [3.63, 3.8) is 0 Å². The predicted octanol–water partition coefficient (Wildman–Crippen LogP) is 3.93. The van der Waals surface area contributed by atoms with E-state index in [0.29, 0.717) is 6.42 Å². The molecule has 0 saturated carbocycles. The van der Waals surface area contributed by atoms with Crippen molar-refractivity contribution in [1.29, 1.82) is 0 Å². The molecule has 1 nitrogen and oxygen atoms in total. The SMILES string of the molecule is CCc1ccc([C@@H](N)C(F)(F)C(F)(F)F)s1.Cl. The minimum Gasteiger partial charge on any atom is -0.318 e. The normalized spacial score (nSPS) is 14.3. The van der Waals surface area contributed by atoms with Crippen LogP contribution in [0.3, 0.4) is 0 Å². The van der Waals surface area contributed by atoms with Gasteiger partial charge in [-0.15, -0.1) is 23.7 Å². The zero-order valence-electron chi connectivity index (χ0n) is 8.72. The van der Waals surface area contributed by atoms with Gasteiger partial charge in [0.2, 0.25) is 0 Å². The second kappa shape index (κ2) is 5.49. The standard InChI is InChI=1S/C9H10F5NS.ClH/c1-2-5-3-4-6(16-5)7(15)8(10,11)9(12,13)14;/h3-4,7H,2,15H2,1H3;1H/t7-;/m1./s1. The molecule has 0 radical (unpaired) electrons. The lowest BCUT2D eigenvalue weighted by atomic mass is 10.1. The van der Waals surface area contributed by atoms with E-state index in [4.69, 9.17) is 5.73 Å². The molecule has 1 aromatic rings. The topological polar surface area (TPSA) is 26.0 Å². The highest BCUT2D eigenvalue weighted by Crippen LogP contribution is 2.44. The maximum atomic E-state index is 12.9. The van der Waals surface area contributed by atoms with Crippen molar-refractivity contribution >= 4 is 23.7 Å². The Balaban J connectivity index is 0.00000256. The summed E-state index contributed by atoms with van der Waals surface area (Å²) < 4.78 is 61.9. The smallest absolute Gasteiger partial charge is 0.318 e. The molecule has 1 aromatic heterocycles. The molecule has 17 heavy (non-hydrogen) atoms. The van der Waals surface area contributed by atoms with Gasteiger partial charge in [0, 0.05) is 9.75 Å². The van der Waals surface area contributed by atoms with E-state index in [-0.39, 0.29) is 17.3 Å². The molecule has 0 saturated heterocycles. The molecular formula is C9H11ClF5NS. The summed E-state index contributed by atoms with van der Waals surface area (Å²) in [6, 6.07) is 0.387. The number of halogens is 6. The van der Waals surface area contributed by atoms with E-state index in [0.717, 1.165) is 16.2 Å². The Labute approximate surface area is 105 Å². The fraction of sp³-hybridized carbons (Fsp3) is 0.556. The van der Waals surface area contributed by atoms with Crippen LogP contribution < -0.4 is 5.73 Å². The summed E-state index contributed by atoms with van der Waals surface area (Å²) in [6.45, 7) is 1.78. The average molecular weight is 296 g/mol. The van der Waals surface area contributed by atoms with Gasteiger partial charge in [0.05, 0.1) is 0 Å². The van der Waals surface area contributed by atoms with Gasteiger partial charge in [0.1, 0.15) is 6.04 Å². The summed E-state index contributed by atoms with van der Waals surface area (Å²) in [4.78, 5) is 0.572. The fourth-order valence-corrected chi connectivity index (χ4v) is 2.10. The molecule has 0 spiro atoms. The first kappa shape index (κ1) is 16.6. The van der Waals surface area contributed by atoms with Crippen LogP contribution in [0.15, 0.2) is 12.1 Å². The van der Waals surface area contributed by atoms with E-state index in [9.17, 15) is 22.0 Å². The van der Waals surface area contributed by atoms with Crippen LogP contribution >= 0.6 is 23.7 Å². The van der Waals surface area contributed by atoms with E-state index in [2.05, 4.69) is 0 Å². The van der Waals surface area contributed by atoms with Crippen LogP contribution in [0.25, 0.3) is 0 Å².